The molecule has 1 aliphatic carbocycles. The Morgan fingerprint density at radius 1 is 0.500 bits per heavy atom. The van der Waals surface area contributed by atoms with E-state index in [1.807, 2.05) is 0 Å². The van der Waals surface area contributed by atoms with Gasteiger partial charge in [-0.05, 0) is 113 Å². The number of aromatic amines is 2. The minimum Gasteiger partial charge on any atom is -0.355 e. The second kappa shape index (κ2) is 11.2. The van der Waals surface area contributed by atoms with Crippen LogP contribution in [0, 0.1) is 6.92 Å². The van der Waals surface area contributed by atoms with Gasteiger partial charge in [0, 0.05) is 33.2 Å². The number of aryl methyl sites for hydroxylation is 2. The molecule has 0 saturated heterocycles. The molecule has 46 heavy (non-hydrogen) atoms. The van der Waals surface area contributed by atoms with E-state index < -0.39 is 0 Å². The van der Waals surface area contributed by atoms with Crippen LogP contribution in [0.1, 0.15) is 49.7 Å². The topological polar surface area (TPSA) is 44.5 Å². The number of H-pyrrole nitrogens is 2. The second-order valence-corrected chi connectivity index (χ2v) is 12.4. The first-order valence-electron chi connectivity index (χ1n) is 16.4. The minimum atomic E-state index is 0.912. The van der Waals surface area contributed by atoms with Crippen molar-refractivity contribution in [3.63, 3.8) is 0 Å². The molecule has 0 saturated carbocycles. The van der Waals surface area contributed by atoms with Crippen molar-refractivity contribution in [3.05, 3.63) is 138 Å². The molecular formula is C43H37N3. The lowest BCUT2D eigenvalue weighted by atomic mass is 9.95. The Balaban J connectivity index is 1.59. The highest BCUT2D eigenvalue weighted by atomic mass is 14.8. The smallest absolute Gasteiger partial charge is 0.0693 e. The quantitative estimate of drug-likeness (QED) is 0.209. The molecular weight excluding hydrogens is 558 g/mol. The number of hydrogen-bond acceptors (Lipinski definition) is 1. The van der Waals surface area contributed by atoms with Crippen molar-refractivity contribution >= 4 is 33.2 Å². The highest BCUT2D eigenvalue weighted by Gasteiger charge is 2.21. The third kappa shape index (κ3) is 4.54. The summed E-state index contributed by atoms with van der Waals surface area (Å²) in [6.45, 7) is 8.95. The van der Waals surface area contributed by atoms with Gasteiger partial charge in [-0.2, -0.15) is 0 Å². The van der Waals surface area contributed by atoms with Crippen LogP contribution in [0.25, 0.3) is 77.7 Å². The third-order valence-electron chi connectivity index (χ3n) is 9.75. The van der Waals surface area contributed by atoms with Crippen molar-refractivity contribution in [2.75, 3.05) is 0 Å². The Kier molecular flexibility index (Phi) is 6.83. The minimum absolute atomic E-state index is 0.912. The Hall–Kier alpha value is -5.41. The summed E-state index contributed by atoms with van der Waals surface area (Å²) in [7, 11) is 0. The molecule has 0 radical (unpaired) electrons. The summed E-state index contributed by atoms with van der Waals surface area (Å²) in [5, 5.41) is 0. The predicted molar refractivity (Wildman–Crippen MR) is 195 cm³/mol. The second-order valence-electron chi connectivity index (χ2n) is 12.4. The van der Waals surface area contributed by atoms with Crippen LogP contribution in [0.3, 0.4) is 0 Å². The number of allylic oxidation sites excluding steroid dienone is 2. The van der Waals surface area contributed by atoms with E-state index in [4.69, 9.17) is 4.98 Å². The summed E-state index contributed by atoms with van der Waals surface area (Å²) in [5.74, 6) is 0. The van der Waals surface area contributed by atoms with Gasteiger partial charge in [-0.15, -0.1) is 0 Å². The average molecular weight is 596 g/mol. The summed E-state index contributed by atoms with van der Waals surface area (Å²) in [6.07, 6.45) is 1.85. The van der Waals surface area contributed by atoms with Crippen molar-refractivity contribution in [2.24, 2.45) is 0 Å². The van der Waals surface area contributed by atoms with Crippen LogP contribution in [-0.4, -0.2) is 15.0 Å². The summed E-state index contributed by atoms with van der Waals surface area (Å²) in [4.78, 5) is 13.1. The Morgan fingerprint density at radius 3 is 1.67 bits per heavy atom. The molecule has 2 aliphatic rings. The van der Waals surface area contributed by atoms with Gasteiger partial charge in [-0.25, -0.2) is 4.98 Å². The first-order chi connectivity index (χ1) is 22.5. The first kappa shape index (κ1) is 28.1. The van der Waals surface area contributed by atoms with Crippen LogP contribution in [0.15, 0.2) is 115 Å². The fraction of sp³-hybridized carbons (Fsp3) is 0.140. The van der Waals surface area contributed by atoms with Crippen molar-refractivity contribution in [1.29, 1.82) is 0 Å². The highest BCUT2D eigenvalue weighted by molar-refractivity contribution is 6.04. The zero-order valence-corrected chi connectivity index (χ0v) is 26.8. The Morgan fingerprint density at radius 2 is 1.07 bits per heavy atom. The van der Waals surface area contributed by atoms with E-state index >= 15 is 0 Å². The van der Waals surface area contributed by atoms with E-state index in [2.05, 4.69) is 153 Å². The lowest BCUT2D eigenvalue weighted by Gasteiger charge is -2.07. The first-order valence-corrected chi connectivity index (χ1v) is 16.4. The van der Waals surface area contributed by atoms with E-state index in [1.165, 1.54) is 66.8 Å². The van der Waals surface area contributed by atoms with Crippen molar-refractivity contribution in [2.45, 2.75) is 40.5 Å². The number of aromatic nitrogens is 3. The van der Waals surface area contributed by atoms with Gasteiger partial charge in [0.15, 0.2) is 0 Å². The van der Waals surface area contributed by atoms with Crippen LogP contribution >= 0.6 is 0 Å². The van der Waals surface area contributed by atoms with Crippen LogP contribution in [0.4, 0.5) is 0 Å². The van der Waals surface area contributed by atoms with E-state index in [0.29, 0.717) is 0 Å². The van der Waals surface area contributed by atoms with E-state index in [0.717, 1.165) is 46.3 Å². The van der Waals surface area contributed by atoms with Gasteiger partial charge < -0.3 is 9.97 Å². The zero-order valence-electron chi connectivity index (χ0n) is 26.8. The number of rotatable bonds is 4. The predicted octanol–water partition coefficient (Wildman–Crippen LogP) is 11.8. The fourth-order valence-corrected chi connectivity index (χ4v) is 7.43. The van der Waals surface area contributed by atoms with Crippen LogP contribution in [0.5, 0.6) is 0 Å². The normalized spacial score (nSPS) is 12.4. The number of nitrogens with zero attached hydrogens (tertiary/aromatic N) is 1. The molecule has 0 fully saturated rings. The van der Waals surface area contributed by atoms with Crippen LogP contribution in [-0.2, 0) is 6.42 Å². The van der Waals surface area contributed by atoms with E-state index in [9.17, 15) is 0 Å². The number of nitrogens with one attached hydrogen (secondary N) is 2. The Labute approximate surface area is 270 Å². The number of benzene rings is 3. The molecule has 0 unspecified atom stereocenters. The summed E-state index contributed by atoms with van der Waals surface area (Å²) >= 11 is 0. The zero-order chi connectivity index (χ0) is 31.4. The molecule has 6 aromatic rings. The van der Waals surface area contributed by atoms with Crippen LogP contribution in [0.2, 0.25) is 0 Å². The standard InChI is InChI=1S/C43H37N3/c1-5-32-26(3)36-22-30-21-31(35-20-14-13-19-34(30)35)23-37-27(4)33(6-2)39(45-37)25-41-43(29-17-11-8-12-18-29)42(28-15-9-7-10-16-28)40(46-41)24-38(32)44-36/h7-25,44,46H,5-6H2,1-4H3. The van der Waals surface area contributed by atoms with Gasteiger partial charge in [0.2, 0.25) is 0 Å². The maximum absolute atomic E-state index is 5.32. The molecule has 4 heterocycles. The molecule has 3 heteroatoms. The Bertz CT molecular complexity index is 2330. The highest BCUT2D eigenvalue weighted by Crippen LogP contribution is 2.43. The van der Waals surface area contributed by atoms with E-state index in [-0.39, 0.29) is 0 Å². The van der Waals surface area contributed by atoms with Gasteiger partial charge in [-0.1, -0.05) is 98.8 Å². The molecule has 0 spiro atoms. The monoisotopic (exact) mass is 595 g/mol. The van der Waals surface area contributed by atoms with Crippen LogP contribution < -0.4 is 0 Å². The molecule has 1 aliphatic heterocycles. The lowest BCUT2D eigenvalue weighted by molar-refractivity contribution is 1.14. The molecule has 0 atom stereocenters. The molecule has 224 valence electrons. The molecule has 3 aromatic carbocycles. The largest absolute Gasteiger partial charge is 0.355 e. The molecule has 2 N–H and O–H groups in total. The van der Waals surface area contributed by atoms with Gasteiger partial charge in [0.05, 0.1) is 11.4 Å². The van der Waals surface area contributed by atoms with Gasteiger partial charge >= 0.3 is 0 Å². The third-order valence-corrected chi connectivity index (χ3v) is 9.75. The maximum atomic E-state index is 5.32. The van der Waals surface area contributed by atoms with Crippen molar-refractivity contribution in [1.82, 2.24) is 15.0 Å². The van der Waals surface area contributed by atoms with E-state index in [1.54, 1.807) is 0 Å². The molecule has 3 aromatic heterocycles. The SMILES string of the molecule is CCC1=C(C)c2cc3cc(cc4[nH]c(cc5[nH]c(cc1n2)c(-c1ccccc1)c5-c1ccccc1)c(CC)c4C)-c1ccccc1-3. The number of hydrogen-bond donors (Lipinski definition) is 2. The molecule has 8 bridgehead atoms. The summed E-state index contributed by atoms with van der Waals surface area (Å²) < 4.78 is 0. The summed E-state index contributed by atoms with van der Waals surface area (Å²) in [5.41, 5.74) is 21.3. The molecule has 8 rings (SSSR count). The maximum Gasteiger partial charge on any atom is 0.0693 e. The summed E-state index contributed by atoms with van der Waals surface area (Å²) in [6, 6.07) is 41.8. The molecule has 3 nitrogen and oxygen atoms in total. The molecule has 0 amide bonds. The van der Waals surface area contributed by atoms with Gasteiger partial charge in [0.25, 0.3) is 0 Å². The van der Waals surface area contributed by atoms with Crippen molar-refractivity contribution in [3.8, 4) is 44.5 Å². The van der Waals surface area contributed by atoms with Gasteiger partial charge in [-0.3, -0.25) is 0 Å². The number of fused-ring (bicyclic) bond motifs is 11. The van der Waals surface area contributed by atoms with Gasteiger partial charge in [0.1, 0.15) is 0 Å². The average Bonchev–Trinajstić information content (AvgIpc) is 3.79. The lowest BCUT2D eigenvalue weighted by Crippen LogP contribution is -1.83. The van der Waals surface area contributed by atoms with Crippen molar-refractivity contribution < 1.29 is 0 Å². The fourth-order valence-electron chi connectivity index (χ4n) is 7.43.